The highest BCUT2D eigenvalue weighted by molar-refractivity contribution is 5.93. The summed E-state index contributed by atoms with van der Waals surface area (Å²) >= 11 is 0. The smallest absolute Gasteiger partial charge is 0.338 e. The Balaban J connectivity index is 1.53. The summed E-state index contributed by atoms with van der Waals surface area (Å²) in [6.45, 7) is 6.16. The number of benzene rings is 2. The largest absolute Gasteiger partial charge is 0.495 e. The van der Waals surface area contributed by atoms with Gasteiger partial charge in [-0.2, -0.15) is 0 Å². The number of carbonyl (C=O) groups is 2. The maximum Gasteiger partial charge on any atom is 0.338 e. The number of hydrogen-bond donors (Lipinski definition) is 0. The van der Waals surface area contributed by atoms with Crippen LogP contribution in [-0.4, -0.2) is 56.7 Å². The summed E-state index contributed by atoms with van der Waals surface area (Å²) in [4.78, 5) is 28.7. The lowest BCUT2D eigenvalue weighted by atomic mass is 10.0. The Hall–Kier alpha value is -3.02. The molecule has 0 aliphatic carbocycles. The number of piperazine rings is 1. The first-order valence-corrected chi connectivity index (χ1v) is 9.40. The number of rotatable bonds is 5. The molecule has 1 saturated heterocycles. The molecule has 2 aromatic rings. The third kappa shape index (κ3) is 4.27. The molecule has 1 fully saturated rings. The molecule has 1 aliphatic heterocycles. The van der Waals surface area contributed by atoms with Gasteiger partial charge in [-0.3, -0.25) is 4.79 Å². The number of hydrogen-bond acceptors (Lipinski definition) is 5. The Bertz CT molecular complexity index is 857. The van der Waals surface area contributed by atoms with Crippen LogP contribution in [0, 0.1) is 13.8 Å². The lowest BCUT2D eigenvalue weighted by Gasteiger charge is -2.36. The first kappa shape index (κ1) is 19.7. The van der Waals surface area contributed by atoms with Crippen molar-refractivity contribution in [3.8, 4) is 5.75 Å². The van der Waals surface area contributed by atoms with Crippen LogP contribution in [0.3, 0.4) is 0 Å². The van der Waals surface area contributed by atoms with Gasteiger partial charge in [-0.15, -0.1) is 0 Å². The molecule has 28 heavy (non-hydrogen) atoms. The zero-order valence-electron chi connectivity index (χ0n) is 16.6. The van der Waals surface area contributed by atoms with Crippen molar-refractivity contribution in [3.63, 3.8) is 0 Å². The number of carbonyl (C=O) groups excluding carboxylic acids is 2. The molecule has 148 valence electrons. The highest BCUT2D eigenvalue weighted by Gasteiger charge is 2.24. The Morgan fingerprint density at radius 3 is 2.39 bits per heavy atom. The number of para-hydroxylation sites is 2. The average Bonchev–Trinajstić information content (AvgIpc) is 2.73. The molecule has 2 aromatic carbocycles. The lowest BCUT2D eigenvalue weighted by molar-refractivity contribution is -0.134. The minimum Gasteiger partial charge on any atom is -0.495 e. The van der Waals surface area contributed by atoms with Crippen molar-refractivity contribution in [1.82, 2.24) is 4.90 Å². The topological polar surface area (TPSA) is 59.1 Å². The van der Waals surface area contributed by atoms with E-state index in [-0.39, 0.29) is 12.5 Å². The second-order valence-corrected chi connectivity index (χ2v) is 6.86. The number of esters is 1. The van der Waals surface area contributed by atoms with Crippen LogP contribution < -0.4 is 9.64 Å². The molecular weight excluding hydrogens is 356 g/mol. The van der Waals surface area contributed by atoms with E-state index >= 15 is 0 Å². The van der Waals surface area contributed by atoms with Crippen molar-refractivity contribution in [2.24, 2.45) is 0 Å². The zero-order valence-corrected chi connectivity index (χ0v) is 16.6. The van der Waals surface area contributed by atoms with Crippen LogP contribution in [0.2, 0.25) is 0 Å². The molecule has 3 rings (SSSR count). The van der Waals surface area contributed by atoms with Gasteiger partial charge in [-0.05, 0) is 43.2 Å². The second-order valence-electron chi connectivity index (χ2n) is 6.86. The van der Waals surface area contributed by atoms with Crippen molar-refractivity contribution in [2.45, 2.75) is 13.8 Å². The van der Waals surface area contributed by atoms with Crippen LogP contribution in [0.15, 0.2) is 42.5 Å². The molecule has 0 radical (unpaired) electrons. The van der Waals surface area contributed by atoms with Crippen molar-refractivity contribution in [1.29, 1.82) is 0 Å². The standard InChI is InChI=1S/C22H26N2O4/c1-16-7-6-8-18(17(16)2)22(26)28-15-21(25)24-13-11-23(12-14-24)19-9-4-5-10-20(19)27-3/h4-10H,11-15H2,1-3H3. The number of anilines is 1. The molecule has 1 aliphatic rings. The van der Waals surface area contributed by atoms with Gasteiger partial charge in [0.2, 0.25) is 0 Å². The maximum atomic E-state index is 12.5. The summed E-state index contributed by atoms with van der Waals surface area (Å²) in [5, 5.41) is 0. The maximum absolute atomic E-state index is 12.5. The number of nitrogens with zero attached hydrogens (tertiary/aromatic N) is 2. The van der Waals surface area contributed by atoms with Crippen LogP contribution in [0.5, 0.6) is 5.75 Å². The van der Waals surface area contributed by atoms with Gasteiger partial charge in [0.1, 0.15) is 5.75 Å². The van der Waals surface area contributed by atoms with E-state index in [0.29, 0.717) is 31.7 Å². The summed E-state index contributed by atoms with van der Waals surface area (Å²) < 4.78 is 10.7. The Morgan fingerprint density at radius 1 is 0.964 bits per heavy atom. The fourth-order valence-electron chi connectivity index (χ4n) is 3.36. The molecule has 6 heteroatoms. The Kier molecular flexibility index (Phi) is 6.19. The molecule has 6 nitrogen and oxygen atoms in total. The first-order chi connectivity index (χ1) is 13.5. The Labute approximate surface area is 165 Å². The quantitative estimate of drug-likeness (QED) is 0.745. The summed E-state index contributed by atoms with van der Waals surface area (Å²) in [7, 11) is 1.66. The van der Waals surface area contributed by atoms with Crippen LogP contribution in [-0.2, 0) is 9.53 Å². The summed E-state index contributed by atoms with van der Waals surface area (Å²) in [6, 6.07) is 13.3. The molecule has 0 N–H and O–H groups in total. The van der Waals surface area contributed by atoms with Gasteiger partial charge in [0.15, 0.2) is 6.61 Å². The molecule has 0 bridgehead atoms. The van der Waals surface area contributed by atoms with Gasteiger partial charge >= 0.3 is 5.97 Å². The molecular formula is C22H26N2O4. The highest BCUT2D eigenvalue weighted by Crippen LogP contribution is 2.28. The molecule has 0 unspecified atom stereocenters. The molecule has 0 saturated carbocycles. The summed E-state index contributed by atoms with van der Waals surface area (Å²) in [5.41, 5.74) is 3.44. The lowest BCUT2D eigenvalue weighted by Crippen LogP contribution is -2.50. The van der Waals surface area contributed by atoms with E-state index in [1.807, 2.05) is 50.2 Å². The molecule has 0 aromatic heterocycles. The average molecular weight is 382 g/mol. The van der Waals surface area contributed by atoms with Crippen LogP contribution in [0.1, 0.15) is 21.5 Å². The van der Waals surface area contributed by atoms with E-state index < -0.39 is 5.97 Å². The van der Waals surface area contributed by atoms with Crippen molar-refractivity contribution in [3.05, 3.63) is 59.2 Å². The normalized spacial score (nSPS) is 14.0. The minimum absolute atomic E-state index is 0.168. The molecule has 0 atom stereocenters. The van der Waals surface area contributed by atoms with E-state index in [1.165, 1.54) is 0 Å². The zero-order chi connectivity index (χ0) is 20.1. The van der Waals surface area contributed by atoms with Crippen molar-refractivity contribution < 1.29 is 19.1 Å². The van der Waals surface area contributed by atoms with Gasteiger partial charge in [0.05, 0.1) is 18.4 Å². The third-order valence-corrected chi connectivity index (χ3v) is 5.21. The SMILES string of the molecule is COc1ccccc1N1CCN(C(=O)COC(=O)c2cccc(C)c2C)CC1. The van der Waals surface area contributed by atoms with E-state index in [4.69, 9.17) is 9.47 Å². The molecule has 1 heterocycles. The van der Waals surface area contributed by atoms with Gasteiger partial charge in [-0.25, -0.2) is 4.79 Å². The fourth-order valence-corrected chi connectivity index (χ4v) is 3.36. The summed E-state index contributed by atoms with van der Waals surface area (Å²) in [6.07, 6.45) is 0. The number of methoxy groups -OCH3 is 1. The van der Waals surface area contributed by atoms with E-state index in [9.17, 15) is 9.59 Å². The van der Waals surface area contributed by atoms with Gasteiger partial charge in [-0.1, -0.05) is 24.3 Å². The van der Waals surface area contributed by atoms with Crippen LogP contribution >= 0.6 is 0 Å². The summed E-state index contributed by atoms with van der Waals surface area (Å²) in [5.74, 6) is 0.199. The highest BCUT2D eigenvalue weighted by atomic mass is 16.5. The fraction of sp³-hybridized carbons (Fsp3) is 0.364. The predicted octanol–water partition coefficient (Wildman–Crippen LogP) is 2.82. The Morgan fingerprint density at radius 2 is 1.68 bits per heavy atom. The van der Waals surface area contributed by atoms with Gasteiger partial charge < -0.3 is 19.3 Å². The molecule has 1 amide bonds. The van der Waals surface area contributed by atoms with E-state index in [1.54, 1.807) is 18.1 Å². The minimum atomic E-state index is -0.456. The third-order valence-electron chi connectivity index (χ3n) is 5.21. The predicted molar refractivity (Wildman–Crippen MR) is 108 cm³/mol. The first-order valence-electron chi connectivity index (χ1n) is 9.40. The van der Waals surface area contributed by atoms with E-state index in [0.717, 1.165) is 22.6 Å². The second kappa shape index (κ2) is 8.78. The monoisotopic (exact) mass is 382 g/mol. The number of aryl methyl sites for hydroxylation is 1. The van der Waals surface area contributed by atoms with E-state index in [2.05, 4.69) is 4.90 Å². The van der Waals surface area contributed by atoms with Crippen molar-refractivity contribution in [2.75, 3.05) is 44.8 Å². The van der Waals surface area contributed by atoms with Crippen LogP contribution in [0.4, 0.5) is 5.69 Å². The molecule has 0 spiro atoms. The van der Waals surface area contributed by atoms with Gasteiger partial charge in [0, 0.05) is 26.2 Å². The van der Waals surface area contributed by atoms with Crippen LogP contribution in [0.25, 0.3) is 0 Å². The number of amides is 1. The van der Waals surface area contributed by atoms with Crippen molar-refractivity contribution >= 4 is 17.6 Å². The van der Waals surface area contributed by atoms with Gasteiger partial charge in [0.25, 0.3) is 5.91 Å². The number of ether oxygens (including phenoxy) is 2.